The summed E-state index contributed by atoms with van der Waals surface area (Å²) in [5.41, 5.74) is 4.79. The number of pyridine rings is 1. The molecule has 37 heavy (non-hydrogen) atoms. The Morgan fingerprint density at radius 1 is 1.05 bits per heavy atom. The maximum Gasteiger partial charge on any atom is 0.414 e. The van der Waals surface area contributed by atoms with E-state index in [0.29, 0.717) is 24.3 Å². The summed E-state index contributed by atoms with van der Waals surface area (Å²) < 4.78 is 20.3. The molecule has 4 aromatic rings. The standard InChI is InChI=1S/C29H27FN4O3/c1-19(35)32-17-25-18-34(29(36)37-25)24-10-11-26(27(30)13-24)22-8-6-20(7-9-22)14-31-15-21-12-23-4-2-3-5-28(23)33-16-21/h2-13,16,25,31H,14-15,17-18H2,1H3,(H,32,35)/t25-/m0/s1. The lowest BCUT2D eigenvalue weighted by atomic mass is 10.0. The highest BCUT2D eigenvalue weighted by molar-refractivity contribution is 5.90. The number of cyclic esters (lactones) is 1. The van der Waals surface area contributed by atoms with Crippen molar-refractivity contribution >= 4 is 28.6 Å². The molecule has 0 bridgehead atoms. The second-order valence-corrected chi connectivity index (χ2v) is 9.05. The molecule has 0 saturated carbocycles. The minimum absolute atomic E-state index is 0.200. The van der Waals surface area contributed by atoms with Crippen LogP contribution in [-0.2, 0) is 22.6 Å². The lowest BCUT2D eigenvalue weighted by molar-refractivity contribution is -0.119. The highest BCUT2D eigenvalue weighted by Crippen LogP contribution is 2.29. The number of para-hydroxylation sites is 1. The SMILES string of the molecule is CC(=O)NC[C@H]1CN(c2ccc(-c3ccc(CNCc4cnc5ccccc5c4)cc3)c(F)c2)C(=O)O1. The van der Waals surface area contributed by atoms with Crippen molar-refractivity contribution in [2.75, 3.05) is 18.0 Å². The molecule has 1 fully saturated rings. The van der Waals surface area contributed by atoms with Crippen LogP contribution in [0.15, 0.2) is 79.0 Å². The summed E-state index contributed by atoms with van der Waals surface area (Å²) in [6.45, 7) is 3.23. The molecule has 0 aliphatic carbocycles. The third-order valence-electron chi connectivity index (χ3n) is 6.29. The molecular formula is C29H27FN4O3. The van der Waals surface area contributed by atoms with Crippen molar-refractivity contribution in [1.82, 2.24) is 15.6 Å². The van der Waals surface area contributed by atoms with Crippen LogP contribution in [0.3, 0.4) is 0 Å². The molecule has 0 spiro atoms. The van der Waals surface area contributed by atoms with Crippen LogP contribution < -0.4 is 15.5 Å². The number of hydrogen-bond acceptors (Lipinski definition) is 5. The minimum atomic E-state index is -0.557. The molecule has 8 heteroatoms. The Labute approximate surface area is 214 Å². The van der Waals surface area contributed by atoms with E-state index in [1.165, 1.54) is 17.9 Å². The summed E-state index contributed by atoms with van der Waals surface area (Å²) in [5, 5.41) is 7.17. The van der Waals surface area contributed by atoms with E-state index in [0.717, 1.165) is 27.6 Å². The Morgan fingerprint density at radius 3 is 2.62 bits per heavy atom. The van der Waals surface area contributed by atoms with E-state index in [1.807, 2.05) is 48.7 Å². The number of carbonyl (C=O) groups is 2. The molecule has 7 nitrogen and oxygen atoms in total. The van der Waals surface area contributed by atoms with E-state index < -0.39 is 18.0 Å². The zero-order valence-electron chi connectivity index (χ0n) is 20.4. The smallest absolute Gasteiger partial charge is 0.414 e. The molecule has 0 radical (unpaired) electrons. The number of carbonyl (C=O) groups excluding carboxylic acids is 2. The van der Waals surface area contributed by atoms with Crippen LogP contribution in [0.2, 0.25) is 0 Å². The summed E-state index contributed by atoms with van der Waals surface area (Å²) in [6, 6.07) is 22.6. The summed E-state index contributed by atoms with van der Waals surface area (Å²) in [7, 11) is 0. The maximum absolute atomic E-state index is 15.0. The number of aromatic nitrogens is 1. The van der Waals surface area contributed by atoms with Crippen molar-refractivity contribution in [2.24, 2.45) is 0 Å². The molecule has 1 aromatic heterocycles. The number of hydrogen-bond donors (Lipinski definition) is 2. The topological polar surface area (TPSA) is 83.6 Å². The van der Waals surface area contributed by atoms with Gasteiger partial charge < -0.3 is 15.4 Å². The number of nitrogens with one attached hydrogen (secondary N) is 2. The van der Waals surface area contributed by atoms with Crippen molar-refractivity contribution in [2.45, 2.75) is 26.1 Å². The van der Waals surface area contributed by atoms with Crippen molar-refractivity contribution in [3.8, 4) is 11.1 Å². The molecule has 1 atom stereocenters. The largest absolute Gasteiger partial charge is 0.442 e. The van der Waals surface area contributed by atoms with Crippen molar-refractivity contribution in [3.63, 3.8) is 0 Å². The summed E-state index contributed by atoms with van der Waals surface area (Å²) in [5.74, 6) is -0.626. The third-order valence-corrected chi connectivity index (χ3v) is 6.29. The number of amides is 2. The second-order valence-electron chi connectivity index (χ2n) is 9.05. The van der Waals surface area contributed by atoms with Gasteiger partial charge in [0, 0.05) is 37.2 Å². The molecule has 5 rings (SSSR count). The molecule has 3 aromatic carbocycles. The van der Waals surface area contributed by atoms with Gasteiger partial charge in [-0.05, 0) is 47.0 Å². The predicted octanol–water partition coefficient (Wildman–Crippen LogP) is 4.79. The van der Waals surface area contributed by atoms with Crippen LogP contribution in [0.5, 0.6) is 0 Å². The van der Waals surface area contributed by atoms with Gasteiger partial charge in [-0.3, -0.25) is 14.7 Å². The fraction of sp³-hybridized carbons (Fsp3) is 0.207. The van der Waals surface area contributed by atoms with Crippen LogP contribution in [0.4, 0.5) is 14.9 Å². The molecule has 1 aliphatic rings. The van der Waals surface area contributed by atoms with Crippen LogP contribution in [0.25, 0.3) is 22.0 Å². The van der Waals surface area contributed by atoms with E-state index in [1.54, 1.807) is 12.1 Å². The lowest BCUT2D eigenvalue weighted by Gasteiger charge is -2.15. The van der Waals surface area contributed by atoms with E-state index in [9.17, 15) is 9.59 Å². The number of halogens is 1. The number of ether oxygens (including phenoxy) is 1. The highest BCUT2D eigenvalue weighted by atomic mass is 19.1. The first-order valence-corrected chi connectivity index (χ1v) is 12.1. The van der Waals surface area contributed by atoms with Gasteiger partial charge in [0.05, 0.1) is 24.3 Å². The Morgan fingerprint density at radius 2 is 1.84 bits per heavy atom. The Hall–Kier alpha value is -4.30. The number of fused-ring (bicyclic) bond motifs is 1. The fourth-order valence-corrected chi connectivity index (χ4v) is 4.37. The normalized spacial score (nSPS) is 15.1. The van der Waals surface area contributed by atoms with Crippen LogP contribution >= 0.6 is 0 Å². The molecule has 2 amide bonds. The van der Waals surface area contributed by atoms with E-state index in [-0.39, 0.29) is 19.0 Å². The van der Waals surface area contributed by atoms with Crippen molar-refractivity contribution in [1.29, 1.82) is 0 Å². The van der Waals surface area contributed by atoms with Gasteiger partial charge in [-0.15, -0.1) is 0 Å². The average Bonchev–Trinajstić information content (AvgIpc) is 3.28. The second kappa shape index (κ2) is 10.8. The zero-order chi connectivity index (χ0) is 25.8. The molecule has 2 heterocycles. The minimum Gasteiger partial charge on any atom is -0.442 e. The third kappa shape index (κ3) is 5.76. The van der Waals surface area contributed by atoms with Gasteiger partial charge in [0.2, 0.25) is 5.91 Å². The van der Waals surface area contributed by atoms with Gasteiger partial charge in [-0.1, -0.05) is 42.5 Å². The van der Waals surface area contributed by atoms with Crippen molar-refractivity contribution in [3.05, 3.63) is 95.9 Å². The quantitative estimate of drug-likeness (QED) is 0.365. The van der Waals surface area contributed by atoms with Crippen molar-refractivity contribution < 1.29 is 18.7 Å². The van der Waals surface area contributed by atoms with E-state index in [2.05, 4.69) is 27.8 Å². The highest BCUT2D eigenvalue weighted by Gasteiger charge is 2.32. The number of rotatable bonds is 8. The van der Waals surface area contributed by atoms with Gasteiger partial charge in [0.1, 0.15) is 11.9 Å². The van der Waals surface area contributed by atoms with Gasteiger partial charge in [-0.25, -0.2) is 9.18 Å². The lowest BCUT2D eigenvalue weighted by Crippen LogP contribution is -2.33. The predicted molar refractivity (Wildman–Crippen MR) is 140 cm³/mol. The van der Waals surface area contributed by atoms with E-state index in [4.69, 9.17) is 4.74 Å². The first-order chi connectivity index (χ1) is 18.0. The van der Waals surface area contributed by atoms with Gasteiger partial charge in [-0.2, -0.15) is 0 Å². The Kier molecular flexibility index (Phi) is 7.09. The first kappa shape index (κ1) is 24.4. The number of nitrogens with zero attached hydrogens (tertiary/aromatic N) is 2. The van der Waals surface area contributed by atoms with Gasteiger partial charge >= 0.3 is 6.09 Å². The first-order valence-electron chi connectivity index (χ1n) is 12.1. The number of benzene rings is 3. The van der Waals surface area contributed by atoms with Gasteiger partial charge in [0.25, 0.3) is 0 Å². The fourth-order valence-electron chi connectivity index (χ4n) is 4.37. The molecule has 1 aliphatic heterocycles. The summed E-state index contributed by atoms with van der Waals surface area (Å²) in [4.78, 5) is 29.2. The van der Waals surface area contributed by atoms with Crippen LogP contribution in [-0.4, -0.2) is 36.2 Å². The monoisotopic (exact) mass is 498 g/mol. The summed E-state index contributed by atoms with van der Waals surface area (Å²) in [6.07, 6.45) is 0.854. The maximum atomic E-state index is 15.0. The molecular weight excluding hydrogens is 471 g/mol. The van der Waals surface area contributed by atoms with Crippen LogP contribution in [0.1, 0.15) is 18.1 Å². The Balaban J connectivity index is 1.19. The number of anilines is 1. The molecule has 188 valence electrons. The van der Waals surface area contributed by atoms with Gasteiger partial charge in [0.15, 0.2) is 0 Å². The van der Waals surface area contributed by atoms with E-state index >= 15 is 4.39 Å². The zero-order valence-corrected chi connectivity index (χ0v) is 20.4. The Bertz CT molecular complexity index is 1440. The molecule has 2 N–H and O–H groups in total. The average molecular weight is 499 g/mol. The summed E-state index contributed by atoms with van der Waals surface area (Å²) >= 11 is 0. The van der Waals surface area contributed by atoms with Crippen LogP contribution in [0, 0.1) is 5.82 Å². The molecule has 1 saturated heterocycles. The molecule has 0 unspecified atom stereocenters.